The van der Waals surface area contributed by atoms with Crippen LogP contribution in [0.2, 0.25) is 0 Å². The Bertz CT molecular complexity index is 739. The zero-order valence-corrected chi connectivity index (χ0v) is 11.8. The van der Waals surface area contributed by atoms with Gasteiger partial charge in [0, 0.05) is 11.8 Å². The number of rotatable bonds is 4. The molecule has 3 rings (SSSR count). The fraction of sp³-hybridized carbons (Fsp3) is 0.231. The Balaban J connectivity index is 2.01. The van der Waals surface area contributed by atoms with Gasteiger partial charge in [0.2, 0.25) is 5.16 Å². The summed E-state index contributed by atoms with van der Waals surface area (Å²) in [5.41, 5.74) is 7.74. The quantitative estimate of drug-likeness (QED) is 0.740. The zero-order chi connectivity index (χ0) is 13.9. The highest BCUT2D eigenvalue weighted by Gasteiger charge is 2.13. The third-order valence-corrected chi connectivity index (χ3v) is 3.92. The summed E-state index contributed by atoms with van der Waals surface area (Å²) in [6.45, 7) is 2.10. The van der Waals surface area contributed by atoms with Gasteiger partial charge in [0.05, 0.1) is 0 Å². The molecule has 0 aromatic carbocycles. The predicted molar refractivity (Wildman–Crippen MR) is 77.5 cm³/mol. The molecule has 102 valence electrons. The summed E-state index contributed by atoms with van der Waals surface area (Å²) in [5, 5.41) is 9.95. The van der Waals surface area contributed by atoms with E-state index in [2.05, 4.69) is 27.1 Å². The lowest BCUT2D eigenvalue weighted by Crippen LogP contribution is -2.02. The van der Waals surface area contributed by atoms with Crippen molar-refractivity contribution in [2.45, 2.75) is 29.9 Å². The van der Waals surface area contributed by atoms with Gasteiger partial charge >= 0.3 is 0 Å². The lowest BCUT2D eigenvalue weighted by atomic mass is 10.2. The van der Waals surface area contributed by atoms with Crippen molar-refractivity contribution in [2.24, 2.45) is 0 Å². The van der Waals surface area contributed by atoms with Gasteiger partial charge in [0.1, 0.15) is 17.2 Å². The summed E-state index contributed by atoms with van der Waals surface area (Å²) in [6, 6.07) is 5.80. The maximum atomic E-state index is 5.94. The van der Waals surface area contributed by atoms with Gasteiger partial charge in [-0.2, -0.15) is 0 Å². The van der Waals surface area contributed by atoms with Crippen molar-refractivity contribution in [3.05, 3.63) is 36.3 Å². The first-order valence-corrected chi connectivity index (χ1v) is 7.18. The molecular formula is C13H14N6S. The van der Waals surface area contributed by atoms with Gasteiger partial charge in [-0.3, -0.25) is 4.40 Å². The molecule has 0 unspecified atom stereocenters. The molecule has 0 saturated carbocycles. The Morgan fingerprint density at radius 1 is 1.25 bits per heavy atom. The maximum absolute atomic E-state index is 5.94. The van der Waals surface area contributed by atoms with Crippen molar-refractivity contribution in [3.8, 4) is 0 Å². The molecule has 2 N–H and O–H groups in total. The molecule has 0 fully saturated rings. The molecule has 0 aliphatic carbocycles. The van der Waals surface area contributed by atoms with E-state index in [-0.39, 0.29) is 0 Å². The summed E-state index contributed by atoms with van der Waals surface area (Å²) < 4.78 is 1.93. The van der Waals surface area contributed by atoms with Gasteiger partial charge in [0.15, 0.2) is 5.65 Å². The Labute approximate surface area is 120 Å². The third kappa shape index (κ3) is 2.32. The van der Waals surface area contributed by atoms with Gasteiger partial charge in [-0.1, -0.05) is 19.4 Å². The van der Waals surface area contributed by atoms with Crippen molar-refractivity contribution in [1.82, 2.24) is 24.6 Å². The molecule has 0 bridgehead atoms. The number of anilines is 1. The smallest absolute Gasteiger partial charge is 0.201 e. The molecule has 3 aromatic rings. The first kappa shape index (κ1) is 12.9. The zero-order valence-electron chi connectivity index (χ0n) is 11.0. The minimum atomic E-state index is 0.540. The average molecular weight is 286 g/mol. The average Bonchev–Trinajstić information content (AvgIpc) is 2.86. The van der Waals surface area contributed by atoms with E-state index in [9.17, 15) is 0 Å². The summed E-state index contributed by atoms with van der Waals surface area (Å²) in [4.78, 5) is 8.39. The maximum Gasteiger partial charge on any atom is 0.201 e. The molecule has 0 aliphatic heterocycles. The van der Waals surface area contributed by atoms with Crippen LogP contribution in [0.25, 0.3) is 5.65 Å². The number of hydrogen-bond donors (Lipinski definition) is 1. The van der Waals surface area contributed by atoms with E-state index in [1.165, 1.54) is 18.1 Å². The van der Waals surface area contributed by atoms with Crippen LogP contribution < -0.4 is 5.73 Å². The molecule has 0 radical (unpaired) electrons. The number of aromatic nitrogens is 5. The van der Waals surface area contributed by atoms with Crippen LogP contribution in [-0.2, 0) is 6.42 Å². The minimum Gasteiger partial charge on any atom is -0.383 e. The van der Waals surface area contributed by atoms with Crippen molar-refractivity contribution in [2.75, 3.05) is 5.73 Å². The van der Waals surface area contributed by atoms with Crippen LogP contribution in [0.4, 0.5) is 5.82 Å². The molecule has 0 spiro atoms. The second kappa shape index (κ2) is 5.46. The van der Waals surface area contributed by atoms with Crippen molar-refractivity contribution >= 4 is 23.2 Å². The minimum absolute atomic E-state index is 0.540. The molecule has 20 heavy (non-hydrogen) atoms. The van der Waals surface area contributed by atoms with E-state index in [0.29, 0.717) is 5.82 Å². The van der Waals surface area contributed by atoms with E-state index < -0.39 is 0 Å². The van der Waals surface area contributed by atoms with Gasteiger partial charge in [-0.25, -0.2) is 9.97 Å². The predicted octanol–water partition coefficient (Wildman–Crippen LogP) is 2.21. The fourth-order valence-electron chi connectivity index (χ4n) is 1.96. The summed E-state index contributed by atoms with van der Waals surface area (Å²) in [5.74, 6) is 0.540. The summed E-state index contributed by atoms with van der Waals surface area (Å²) in [6.07, 6.45) is 5.26. The number of hydrogen-bond acceptors (Lipinski definition) is 6. The Morgan fingerprint density at radius 2 is 2.15 bits per heavy atom. The first-order valence-electron chi connectivity index (χ1n) is 6.36. The molecule has 0 saturated heterocycles. The highest BCUT2D eigenvalue weighted by Crippen LogP contribution is 2.30. The number of nitrogens with two attached hydrogens (primary N) is 1. The van der Waals surface area contributed by atoms with Gasteiger partial charge in [0.25, 0.3) is 0 Å². The van der Waals surface area contributed by atoms with Crippen molar-refractivity contribution in [3.63, 3.8) is 0 Å². The second-order valence-electron chi connectivity index (χ2n) is 4.31. The first-order chi connectivity index (χ1) is 9.79. The Kier molecular flexibility index (Phi) is 3.51. The molecule has 0 aliphatic rings. The molecule has 0 amide bonds. The largest absolute Gasteiger partial charge is 0.383 e. The van der Waals surface area contributed by atoms with Crippen LogP contribution >= 0.6 is 11.8 Å². The van der Waals surface area contributed by atoms with Crippen LogP contribution in [0, 0.1) is 0 Å². The van der Waals surface area contributed by atoms with E-state index >= 15 is 0 Å². The van der Waals surface area contributed by atoms with Crippen LogP contribution in [0.3, 0.4) is 0 Å². The molecule has 0 atom stereocenters. The van der Waals surface area contributed by atoms with Gasteiger partial charge in [-0.05, 0) is 30.3 Å². The number of nitrogen functional groups attached to an aromatic ring is 1. The highest BCUT2D eigenvalue weighted by atomic mass is 32.2. The lowest BCUT2D eigenvalue weighted by Gasteiger charge is -2.08. The van der Waals surface area contributed by atoms with Gasteiger partial charge in [-0.15, -0.1) is 10.2 Å². The molecule has 3 aromatic heterocycles. The van der Waals surface area contributed by atoms with Crippen LogP contribution in [0.5, 0.6) is 0 Å². The summed E-state index contributed by atoms with van der Waals surface area (Å²) in [7, 11) is 0. The molecular weight excluding hydrogens is 272 g/mol. The molecule has 6 nitrogen and oxygen atoms in total. The topological polar surface area (TPSA) is 82.0 Å². The number of nitrogens with zero attached hydrogens (tertiary/aromatic N) is 5. The van der Waals surface area contributed by atoms with E-state index in [4.69, 9.17) is 5.73 Å². The third-order valence-electron chi connectivity index (χ3n) is 2.91. The fourth-order valence-corrected chi connectivity index (χ4v) is 2.89. The van der Waals surface area contributed by atoms with E-state index in [0.717, 1.165) is 34.2 Å². The van der Waals surface area contributed by atoms with Crippen LogP contribution in [0.1, 0.15) is 18.9 Å². The van der Waals surface area contributed by atoms with E-state index in [1.807, 2.05) is 28.8 Å². The Hall–Kier alpha value is -2.15. The van der Waals surface area contributed by atoms with Gasteiger partial charge < -0.3 is 5.73 Å². The van der Waals surface area contributed by atoms with Crippen molar-refractivity contribution < 1.29 is 0 Å². The summed E-state index contributed by atoms with van der Waals surface area (Å²) >= 11 is 1.46. The number of fused-ring (bicyclic) bond motifs is 1. The molecule has 3 heterocycles. The Morgan fingerprint density at radius 3 is 3.00 bits per heavy atom. The van der Waals surface area contributed by atoms with E-state index in [1.54, 1.807) is 0 Å². The van der Waals surface area contributed by atoms with Crippen molar-refractivity contribution in [1.29, 1.82) is 0 Å². The second-order valence-corrected chi connectivity index (χ2v) is 5.26. The normalized spacial score (nSPS) is 11.1. The lowest BCUT2D eigenvalue weighted by molar-refractivity contribution is 0.854. The SMILES string of the molecule is CCCc1c(N)ncnc1Sc1nnc2ccccn12. The monoisotopic (exact) mass is 286 g/mol. The molecule has 7 heteroatoms. The number of pyridine rings is 1. The van der Waals surface area contributed by atoms with Crippen LogP contribution in [-0.4, -0.2) is 24.6 Å². The van der Waals surface area contributed by atoms with Crippen LogP contribution in [0.15, 0.2) is 40.9 Å². The standard InChI is InChI=1S/C13H14N6S/c1-2-5-9-11(14)15-8-16-12(9)20-13-18-17-10-6-3-4-7-19(10)13/h3-4,6-8H,2,5H2,1H3,(H2,14,15,16). The highest BCUT2D eigenvalue weighted by molar-refractivity contribution is 7.99.